The molecule has 1 saturated carbocycles. The largest absolute Gasteiger partial charge is 0.364 e. The molecule has 3 aromatic heterocycles. The van der Waals surface area contributed by atoms with E-state index >= 15 is 0 Å². The number of carbonyl (C=O) groups is 1. The third kappa shape index (κ3) is 4.10. The first-order chi connectivity index (χ1) is 16.0. The zero-order valence-corrected chi connectivity index (χ0v) is 18.3. The van der Waals surface area contributed by atoms with Gasteiger partial charge in [0.25, 0.3) is 5.91 Å². The van der Waals surface area contributed by atoms with E-state index in [1.165, 1.54) is 0 Å². The Hall–Kier alpha value is -3.99. The van der Waals surface area contributed by atoms with Crippen molar-refractivity contribution in [3.8, 4) is 5.69 Å². The van der Waals surface area contributed by atoms with Crippen LogP contribution in [0.15, 0.2) is 42.9 Å². The van der Waals surface area contributed by atoms with Gasteiger partial charge in [-0.1, -0.05) is 18.9 Å². The second-order valence-electron chi connectivity index (χ2n) is 8.32. The van der Waals surface area contributed by atoms with Crippen LogP contribution in [0.2, 0.25) is 0 Å². The lowest BCUT2D eigenvalue weighted by Gasteiger charge is -2.29. The molecule has 0 unspecified atom stereocenters. The molecular weight excluding hydrogens is 420 g/mol. The lowest BCUT2D eigenvalue weighted by Crippen LogP contribution is -2.43. The first kappa shape index (κ1) is 20.9. The van der Waals surface area contributed by atoms with Crippen LogP contribution in [0.1, 0.15) is 36.2 Å². The summed E-state index contributed by atoms with van der Waals surface area (Å²) in [6.07, 6.45) is 9.81. The molecule has 1 fully saturated rings. The molecule has 0 saturated heterocycles. The van der Waals surface area contributed by atoms with Gasteiger partial charge in [-0.05, 0) is 31.0 Å². The van der Waals surface area contributed by atoms with E-state index in [2.05, 4.69) is 30.9 Å². The smallest absolute Gasteiger partial charge is 0.273 e. The molecule has 1 aliphatic rings. The Kier molecular flexibility index (Phi) is 5.38. The van der Waals surface area contributed by atoms with Gasteiger partial charge in [0.1, 0.15) is 0 Å². The van der Waals surface area contributed by atoms with E-state index in [4.69, 9.17) is 11.5 Å². The fourth-order valence-electron chi connectivity index (χ4n) is 4.31. The van der Waals surface area contributed by atoms with Gasteiger partial charge in [-0.25, -0.2) is 0 Å². The number of anilines is 3. The summed E-state index contributed by atoms with van der Waals surface area (Å²) in [7, 11) is 1.88. The van der Waals surface area contributed by atoms with Gasteiger partial charge in [-0.15, -0.1) is 10.2 Å². The van der Waals surface area contributed by atoms with E-state index in [0.717, 1.165) is 48.0 Å². The predicted molar refractivity (Wildman–Crippen MR) is 126 cm³/mol. The number of fused-ring (bicyclic) bond motifs is 1. The van der Waals surface area contributed by atoms with Crippen molar-refractivity contribution in [1.82, 2.24) is 29.5 Å². The van der Waals surface area contributed by atoms with Crippen molar-refractivity contribution < 1.29 is 4.79 Å². The molecule has 11 heteroatoms. The number of aromatic nitrogens is 6. The van der Waals surface area contributed by atoms with Crippen LogP contribution in [0.5, 0.6) is 0 Å². The summed E-state index contributed by atoms with van der Waals surface area (Å²) in [5, 5.41) is 19.8. The molecule has 11 nitrogen and oxygen atoms in total. The van der Waals surface area contributed by atoms with Gasteiger partial charge in [0.2, 0.25) is 5.95 Å². The predicted octanol–water partition coefficient (Wildman–Crippen LogP) is 2.07. The van der Waals surface area contributed by atoms with Crippen molar-refractivity contribution in [2.75, 3.05) is 10.6 Å². The summed E-state index contributed by atoms with van der Waals surface area (Å²) in [5.74, 6) is -0.158. The highest BCUT2D eigenvalue weighted by molar-refractivity contribution is 5.99. The molecule has 6 N–H and O–H groups in total. The number of benzene rings is 1. The summed E-state index contributed by atoms with van der Waals surface area (Å²) in [5.41, 5.74) is 14.4. The number of amides is 1. The summed E-state index contributed by atoms with van der Waals surface area (Å²) < 4.78 is 3.79. The number of rotatable bonds is 6. The molecule has 0 bridgehead atoms. The first-order valence-corrected chi connectivity index (χ1v) is 10.9. The Morgan fingerprint density at radius 1 is 1.18 bits per heavy atom. The van der Waals surface area contributed by atoms with Crippen LogP contribution >= 0.6 is 0 Å². The second-order valence-corrected chi connectivity index (χ2v) is 8.32. The van der Waals surface area contributed by atoms with Crippen LogP contribution in [0, 0.1) is 0 Å². The third-order valence-corrected chi connectivity index (χ3v) is 6.01. The van der Waals surface area contributed by atoms with E-state index in [0.29, 0.717) is 5.95 Å². The zero-order valence-electron chi connectivity index (χ0n) is 18.3. The van der Waals surface area contributed by atoms with E-state index < -0.39 is 5.91 Å². The van der Waals surface area contributed by atoms with Crippen LogP contribution in [-0.2, 0) is 7.05 Å². The summed E-state index contributed by atoms with van der Waals surface area (Å²) in [4.78, 5) is 16.5. The maximum Gasteiger partial charge on any atom is 0.273 e. The minimum absolute atomic E-state index is 0.0237. The molecular formula is C22H26N10O. The maximum atomic E-state index is 12.0. The van der Waals surface area contributed by atoms with E-state index in [-0.39, 0.29) is 23.6 Å². The summed E-state index contributed by atoms with van der Waals surface area (Å²) >= 11 is 0. The number of aryl methyl sites for hydroxylation is 1. The minimum Gasteiger partial charge on any atom is -0.364 e. The van der Waals surface area contributed by atoms with Crippen molar-refractivity contribution in [3.05, 3.63) is 48.5 Å². The average Bonchev–Trinajstić information content (AvgIpc) is 3.42. The van der Waals surface area contributed by atoms with Crippen LogP contribution in [-0.4, -0.2) is 47.5 Å². The Bertz CT molecular complexity index is 1310. The van der Waals surface area contributed by atoms with Crippen LogP contribution in [0.3, 0.4) is 0 Å². The molecule has 0 spiro atoms. The van der Waals surface area contributed by atoms with Crippen molar-refractivity contribution in [3.63, 3.8) is 0 Å². The Morgan fingerprint density at radius 3 is 2.79 bits per heavy atom. The van der Waals surface area contributed by atoms with Crippen LogP contribution in [0.4, 0.5) is 17.5 Å². The lowest BCUT2D eigenvalue weighted by molar-refractivity contribution is 0.0995. The first-order valence-electron chi connectivity index (χ1n) is 10.9. The molecule has 5 rings (SSSR count). The molecule has 170 valence electrons. The van der Waals surface area contributed by atoms with E-state index in [1.54, 1.807) is 10.9 Å². The molecule has 1 aliphatic carbocycles. The fourth-order valence-corrected chi connectivity index (χ4v) is 4.31. The summed E-state index contributed by atoms with van der Waals surface area (Å²) in [6.45, 7) is 0. The topological polar surface area (TPSA) is 155 Å². The van der Waals surface area contributed by atoms with Crippen molar-refractivity contribution >= 4 is 34.3 Å². The van der Waals surface area contributed by atoms with Gasteiger partial charge in [0.15, 0.2) is 11.5 Å². The molecule has 3 heterocycles. The van der Waals surface area contributed by atoms with Gasteiger partial charge in [0, 0.05) is 42.6 Å². The highest BCUT2D eigenvalue weighted by atomic mass is 16.1. The summed E-state index contributed by atoms with van der Waals surface area (Å²) in [6, 6.07) is 7.92. The van der Waals surface area contributed by atoms with Crippen molar-refractivity contribution in [2.45, 2.75) is 37.8 Å². The van der Waals surface area contributed by atoms with E-state index in [1.807, 2.05) is 48.3 Å². The molecule has 1 amide bonds. The molecule has 33 heavy (non-hydrogen) atoms. The Morgan fingerprint density at radius 2 is 2.03 bits per heavy atom. The minimum atomic E-state index is -0.710. The van der Waals surface area contributed by atoms with Crippen LogP contribution in [0.25, 0.3) is 16.6 Å². The van der Waals surface area contributed by atoms with Gasteiger partial charge < -0.3 is 26.7 Å². The van der Waals surface area contributed by atoms with Crippen LogP contribution < -0.4 is 22.1 Å². The monoisotopic (exact) mass is 446 g/mol. The highest BCUT2D eigenvalue weighted by Crippen LogP contribution is 2.30. The molecule has 2 atom stereocenters. The number of nitrogens with two attached hydrogens (primary N) is 2. The number of hydrogen-bond donors (Lipinski definition) is 4. The Balaban J connectivity index is 1.49. The fraction of sp³-hybridized carbons (Fsp3) is 0.318. The molecule has 4 aromatic rings. The van der Waals surface area contributed by atoms with Crippen molar-refractivity contribution in [2.24, 2.45) is 18.5 Å². The SMILES string of the molecule is Cn1cc(-n2ccc3c(Nc4nc(N[C@@H]5CCCC[C@@H]5N)nnc4C(N)=O)cccc32)cn1. The molecule has 0 aliphatic heterocycles. The number of nitrogens with zero attached hydrogens (tertiary/aromatic N) is 6. The number of carbonyl (C=O) groups excluding carboxylic acids is 1. The second kappa shape index (κ2) is 8.51. The quantitative estimate of drug-likeness (QED) is 0.351. The third-order valence-electron chi connectivity index (χ3n) is 6.01. The highest BCUT2D eigenvalue weighted by Gasteiger charge is 2.24. The van der Waals surface area contributed by atoms with Gasteiger partial charge in [-0.2, -0.15) is 10.1 Å². The number of primary amides is 1. The lowest BCUT2D eigenvalue weighted by atomic mass is 9.91. The zero-order chi connectivity index (χ0) is 22.9. The van der Waals surface area contributed by atoms with Gasteiger partial charge in [-0.3, -0.25) is 9.48 Å². The number of nitrogens with one attached hydrogen (secondary N) is 2. The maximum absolute atomic E-state index is 12.0. The number of hydrogen-bond acceptors (Lipinski definition) is 8. The van der Waals surface area contributed by atoms with Gasteiger partial charge >= 0.3 is 0 Å². The Labute approximate surface area is 190 Å². The van der Waals surface area contributed by atoms with E-state index in [9.17, 15) is 4.79 Å². The average molecular weight is 447 g/mol. The van der Waals surface area contributed by atoms with Gasteiger partial charge in [0.05, 0.1) is 17.4 Å². The normalized spacial score (nSPS) is 18.4. The van der Waals surface area contributed by atoms with Crippen molar-refractivity contribution in [1.29, 1.82) is 0 Å². The molecule has 0 radical (unpaired) electrons. The molecule has 1 aromatic carbocycles. The standard InChI is InChI=1S/C22H26N10O/c1-31-12-13(11-25-31)32-10-9-14-16(7-4-8-18(14)32)26-21-19(20(24)33)29-30-22(28-21)27-17-6-3-2-5-15(17)23/h4,7-12,15,17H,2-3,5-6,23H2,1H3,(H2,24,33)(H2,26,27,28,30)/t15-,17+/m0/s1.